The second-order valence-electron chi connectivity index (χ2n) is 8.13. The monoisotopic (exact) mass is 341 g/mol. The predicted molar refractivity (Wildman–Crippen MR) is 101 cm³/mol. The highest BCUT2D eigenvalue weighted by Crippen LogP contribution is 2.33. The van der Waals surface area contributed by atoms with E-state index in [0.29, 0.717) is 12.0 Å². The molecule has 0 spiro atoms. The summed E-state index contributed by atoms with van der Waals surface area (Å²) in [5.74, 6) is 0.847. The molecule has 1 aromatic rings. The molecule has 4 nitrogen and oxygen atoms in total. The Labute approximate surface area is 151 Å². The Kier molecular flexibility index (Phi) is 5.37. The summed E-state index contributed by atoms with van der Waals surface area (Å²) in [6, 6.07) is 8.95. The molecule has 4 rings (SSSR count). The average Bonchev–Trinajstić information content (AvgIpc) is 3.07. The molecule has 2 aliphatic heterocycles. The van der Waals surface area contributed by atoms with E-state index >= 15 is 0 Å². The van der Waals surface area contributed by atoms with Gasteiger partial charge in [-0.2, -0.15) is 0 Å². The summed E-state index contributed by atoms with van der Waals surface area (Å²) in [6.07, 6.45) is 10.1. The van der Waals surface area contributed by atoms with E-state index < -0.39 is 0 Å². The number of benzene rings is 1. The molecular weight excluding hydrogens is 310 g/mol. The molecule has 1 saturated carbocycles. The molecule has 0 aromatic heterocycles. The molecule has 3 aliphatic rings. The fourth-order valence-corrected chi connectivity index (χ4v) is 4.87. The number of hydrogen-bond acceptors (Lipinski definition) is 3. The molecule has 4 heteroatoms. The zero-order chi connectivity index (χ0) is 17.1. The van der Waals surface area contributed by atoms with Gasteiger partial charge in [-0.3, -0.25) is 9.69 Å². The number of nitrogens with zero attached hydrogens (tertiary/aromatic N) is 1. The minimum atomic E-state index is -0.0150. The van der Waals surface area contributed by atoms with Gasteiger partial charge in [-0.1, -0.05) is 31.4 Å². The van der Waals surface area contributed by atoms with Crippen molar-refractivity contribution in [1.82, 2.24) is 10.2 Å². The second kappa shape index (κ2) is 7.88. The number of carbonyl (C=O) groups excluding carboxylic acids is 1. The van der Waals surface area contributed by atoms with Crippen molar-refractivity contribution in [3.63, 3.8) is 0 Å². The summed E-state index contributed by atoms with van der Waals surface area (Å²) in [4.78, 5) is 15.2. The Morgan fingerprint density at radius 2 is 1.96 bits per heavy atom. The van der Waals surface area contributed by atoms with Crippen LogP contribution in [0.2, 0.25) is 0 Å². The van der Waals surface area contributed by atoms with Crippen LogP contribution in [0.4, 0.5) is 5.69 Å². The van der Waals surface area contributed by atoms with Crippen molar-refractivity contribution in [3.8, 4) is 0 Å². The van der Waals surface area contributed by atoms with Crippen LogP contribution in [-0.4, -0.2) is 36.0 Å². The number of amides is 1. The van der Waals surface area contributed by atoms with Crippen LogP contribution in [0.3, 0.4) is 0 Å². The van der Waals surface area contributed by atoms with Gasteiger partial charge in [-0.15, -0.1) is 0 Å². The van der Waals surface area contributed by atoms with Crippen molar-refractivity contribution in [2.45, 2.75) is 70.0 Å². The number of rotatable bonds is 4. The summed E-state index contributed by atoms with van der Waals surface area (Å²) in [7, 11) is 0. The fourth-order valence-electron chi connectivity index (χ4n) is 4.87. The number of anilines is 1. The Morgan fingerprint density at radius 1 is 1.12 bits per heavy atom. The standard InChI is InChI=1S/C21H31N3O/c25-21(20-14-17-8-2-3-10-19(17)23-20)22-18-9-6-7-16(13-18)15-24-11-4-1-5-12-24/h6-7,9,13,17,19-20,23H,1-5,8,10-12,14-15H2,(H,22,25). The predicted octanol–water partition coefficient (Wildman–Crippen LogP) is 3.53. The van der Waals surface area contributed by atoms with Crippen molar-refractivity contribution in [1.29, 1.82) is 0 Å². The lowest BCUT2D eigenvalue weighted by Gasteiger charge is -2.26. The summed E-state index contributed by atoms with van der Waals surface area (Å²) >= 11 is 0. The summed E-state index contributed by atoms with van der Waals surface area (Å²) < 4.78 is 0. The minimum absolute atomic E-state index is 0.0150. The number of hydrogen-bond donors (Lipinski definition) is 2. The van der Waals surface area contributed by atoms with Crippen molar-refractivity contribution in [3.05, 3.63) is 29.8 Å². The smallest absolute Gasteiger partial charge is 0.241 e. The summed E-state index contributed by atoms with van der Waals surface area (Å²) in [6.45, 7) is 3.40. The first-order valence-corrected chi connectivity index (χ1v) is 10.2. The van der Waals surface area contributed by atoms with Gasteiger partial charge >= 0.3 is 0 Å². The molecule has 1 amide bonds. The molecule has 3 fully saturated rings. The summed E-state index contributed by atoms with van der Waals surface area (Å²) in [5, 5.41) is 6.72. The van der Waals surface area contributed by atoms with E-state index in [2.05, 4.69) is 33.7 Å². The van der Waals surface area contributed by atoms with Gasteiger partial charge in [0.15, 0.2) is 0 Å². The Balaban J connectivity index is 1.34. The highest BCUT2D eigenvalue weighted by atomic mass is 16.2. The highest BCUT2D eigenvalue weighted by Gasteiger charge is 2.38. The van der Waals surface area contributed by atoms with Crippen LogP contribution in [0, 0.1) is 5.92 Å². The van der Waals surface area contributed by atoms with E-state index in [-0.39, 0.29) is 11.9 Å². The molecule has 2 N–H and O–H groups in total. The maximum atomic E-state index is 12.7. The lowest BCUT2D eigenvalue weighted by molar-refractivity contribution is -0.117. The lowest BCUT2D eigenvalue weighted by Crippen LogP contribution is -2.39. The maximum absolute atomic E-state index is 12.7. The molecule has 0 radical (unpaired) electrons. The molecule has 1 aliphatic carbocycles. The zero-order valence-corrected chi connectivity index (χ0v) is 15.2. The van der Waals surface area contributed by atoms with Crippen LogP contribution < -0.4 is 10.6 Å². The first-order chi connectivity index (χ1) is 12.3. The van der Waals surface area contributed by atoms with E-state index in [1.165, 1.54) is 63.6 Å². The highest BCUT2D eigenvalue weighted by molar-refractivity contribution is 5.95. The van der Waals surface area contributed by atoms with E-state index in [0.717, 1.165) is 18.7 Å². The Bertz CT molecular complexity index is 583. The molecule has 1 aromatic carbocycles. The van der Waals surface area contributed by atoms with Gasteiger partial charge in [0.05, 0.1) is 6.04 Å². The van der Waals surface area contributed by atoms with Crippen LogP contribution >= 0.6 is 0 Å². The molecule has 25 heavy (non-hydrogen) atoms. The van der Waals surface area contributed by atoms with E-state index in [1.807, 2.05) is 6.07 Å². The van der Waals surface area contributed by atoms with E-state index in [4.69, 9.17) is 0 Å². The third kappa shape index (κ3) is 4.24. The molecule has 3 unspecified atom stereocenters. The third-order valence-corrected chi connectivity index (χ3v) is 6.23. The van der Waals surface area contributed by atoms with E-state index in [9.17, 15) is 4.79 Å². The molecule has 0 bridgehead atoms. The fraction of sp³-hybridized carbons (Fsp3) is 0.667. The van der Waals surface area contributed by atoms with Crippen LogP contribution in [0.5, 0.6) is 0 Å². The van der Waals surface area contributed by atoms with Gasteiger partial charge in [-0.25, -0.2) is 0 Å². The van der Waals surface area contributed by atoms with Crippen LogP contribution in [0.25, 0.3) is 0 Å². The maximum Gasteiger partial charge on any atom is 0.241 e. The van der Waals surface area contributed by atoms with Gasteiger partial charge in [-0.05, 0) is 68.8 Å². The largest absolute Gasteiger partial charge is 0.325 e. The number of likely N-dealkylation sites (tertiary alicyclic amines) is 1. The molecule has 3 atom stereocenters. The van der Waals surface area contributed by atoms with Gasteiger partial charge in [0.25, 0.3) is 0 Å². The first-order valence-electron chi connectivity index (χ1n) is 10.2. The SMILES string of the molecule is O=C(Nc1cccc(CN2CCCCC2)c1)C1CC2CCCCC2N1. The van der Waals surface area contributed by atoms with Crippen LogP contribution in [-0.2, 0) is 11.3 Å². The van der Waals surface area contributed by atoms with Crippen molar-refractivity contribution < 1.29 is 4.79 Å². The molecule has 2 heterocycles. The summed E-state index contributed by atoms with van der Waals surface area (Å²) in [5.41, 5.74) is 2.24. The molecule has 2 saturated heterocycles. The minimum Gasteiger partial charge on any atom is -0.325 e. The topological polar surface area (TPSA) is 44.4 Å². The first kappa shape index (κ1) is 17.0. The number of piperidine rings is 1. The van der Waals surface area contributed by atoms with Gasteiger partial charge in [0.2, 0.25) is 5.91 Å². The third-order valence-electron chi connectivity index (χ3n) is 6.23. The average molecular weight is 341 g/mol. The normalized spacial score (nSPS) is 30.0. The number of fused-ring (bicyclic) bond motifs is 1. The Hall–Kier alpha value is -1.39. The Morgan fingerprint density at radius 3 is 2.80 bits per heavy atom. The van der Waals surface area contributed by atoms with Crippen molar-refractivity contribution in [2.75, 3.05) is 18.4 Å². The zero-order valence-electron chi connectivity index (χ0n) is 15.2. The van der Waals surface area contributed by atoms with Crippen molar-refractivity contribution in [2.24, 2.45) is 5.92 Å². The second-order valence-corrected chi connectivity index (χ2v) is 8.13. The van der Waals surface area contributed by atoms with Crippen LogP contribution in [0.15, 0.2) is 24.3 Å². The number of carbonyl (C=O) groups is 1. The molecular formula is C21H31N3O. The van der Waals surface area contributed by atoms with Gasteiger partial charge in [0.1, 0.15) is 0 Å². The van der Waals surface area contributed by atoms with Crippen LogP contribution in [0.1, 0.15) is 56.9 Å². The van der Waals surface area contributed by atoms with Crippen molar-refractivity contribution >= 4 is 11.6 Å². The number of nitrogens with one attached hydrogen (secondary N) is 2. The lowest BCUT2D eigenvalue weighted by atomic mass is 9.85. The van der Waals surface area contributed by atoms with Gasteiger partial charge < -0.3 is 10.6 Å². The quantitative estimate of drug-likeness (QED) is 0.880. The molecule has 136 valence electrons. The van der Waals surface area contributed by atoms with E-state index in [1.54, 1.807) is 0 Å². The van der Waals surface area contributed by atoms with Gasteiger partial charge in [0, 0.05) is 18.3 Å².